The van der Waals surface area contributed by atoms with Gasteiger partial charge in [0.05, 0.1) is 0 Å². The highest BCUT2D eigenvalue weighted by atomic mass is 16.2. The molecule has 1 aromatic heterocycles. The second kappa shape index (κ2) is 8.55. The van der Waals surface area contributed by atoms with E-state index in [2.05, 4.69) is 14.9 Å². The Morgan fingerprint density at radius 3 is 2.07 bits per heavy atom. The van der Waals surface area contributed by atoms with E-state index in [1.807, 2.05) is 34.6 Å². The van der Waals surface area contributed by atoms with Gasteiger partial charge >= 0.3 is 6.03 Å². The van der Waals surface area contributed by atoms with Crippen LogP contribution in [-0.4, -0.2) is 89.0 Å². The van der Waals surface area contributed by atoms with Crippen LogP contribution in [0.2, 0.25) is 0 Å². The van der Waals surface area contributed by atoms with Gasteiger partial charge in [0, 0.05) is 70.0 Å². The van der Waals surface area contributed by atoms with Gasteiger partial charge in [-0.15, -0.1) is 0 Å². The molecule has 29 heavy (non-hydrogen) atoms. The SMILES string of the molecule is Cc1cc(N2CCN(C(=O)C3CCN(C(=O)N4CCCC4)CC3)CC2)nc(C)n1. The fourth-order valence-electron chi connectivity index (χ4n) is 4.70. The van der Waals surface area contributed by atoms with Gasteiger partial charge in [-0.2, -0.15) is 0 Å². The molecule has 158 valence electrons. The molecule has 0 atom stereocenters. The molecule has 3 aliphatic heterocycles. The van der Waals surface area contributed by atoms with E-state index in [0.29, 0.717) is 13.1 Å². The van der Waals surface area contributed by atoms with Crippen LogP contribution in [0.25, 0.3) is 0 Å². The third-order valence-corrected chi connectivity index (χ3v) is 6.36. The maximum Gasteiger partial charge on any atom is 0.319 e. The van der Waals surface area contributed by atoms with Crippen molar-refractivity contribution in [1.82, 2.24) is 24.7 Å². The molecule has 3 amide bonds. The van der Waals surface area contributed by atoms with E-state index >= 15 is 0 Å². The van der Waals surface area contributed by atoms with Crippen LogP contribution in [-0.2, 0) is 4.79 Å². The Kier molecular flexibility index (Phi) is 5.87. The first-order valence-corrected chi connectivity index (χ1v) is 10.9. The van der Waals surface area contributed by atoms with Crippen molar-refractivity contribution in [2.75, 3.05) is 57.3 Å². The third-order valence-electron chi connectivity index (χ3n) is 6.36. The molecule has 4 rings (SSSR count). The highest BCUT2D eigenvalue weighted by Gasteiger charge is 2.33. The lowest BCUT2D eigenvalue weighted by Gasteiger charge is -2.39. The van der Waals surface area contributed by atoms with E-state index in [4.69, 9.17) is 0 Å². The van der Waals surface area contributed by atoms with Gasteiger partial charge in [-0.1, -0.05) is 0 Å². The van der Waals surface area contributed by atoms with Crippen LogP contribution < -0.4 is 4.90 Å². The number of piperazine rings is 1. The van der Waals surface area contributed by atoms with Gasteiger partial charge in [-0.3, -0.25) is 4.79 Å². The van der Waals surface area contributed by atoms with Crippen molar-refractivity contribution in [3.63, 3.8) is 0 Å². The van der Waals surface area contributed by atoms with Gasteiger partial charge in [0.1, 0.15) is 11.6 Å². The van der Waals surface area contributed by atoms with Crippen LogP contribution in [0.3, 0.4) is 0 Å². The van der Waals surface area contributed by atoms with Gasteiger partial charge in [-0.05, 0) is 39.5 Å². The van der Waals surface area contributed by atoms with Gasteiger partial charge in [0.2, 0.25) is 5.91 Å². The summed E-state index contributed by atoms with van der Waals surface area (Å²) < 4.78 is 0. The van der Waals surface area contributed by atoms with Crippen LogP contribution in [0.15, 0.2) is 6.07 Å². The summed E-state index contributed by atoms with van der Waals surface area (Å²) in [6.45, 7) is 10.1. The molecule has 0 unspecified atom stereocenters. The number of aryl methyl sites for hydroxylation is 2. The first-order chi connectivity index (χ1) is 14.0. The molecule has 3 saturated heterocycles. The number of nitrogens with zero attached hydrogens (tertiary/aromatic N) is 6. The summed E-state index contributed by atoms with van der Waals surface area (Å²) in [7, 11) is 0. The van der Waals surface area contributed by atoms with Crippen LogP contribution in [0.4, 0.5) is 10.6 Å². The number of urea groups is 1. The highest BCUT2D eigenvalue weighted by molar-refractivity contribution is 5.80. The zero-order valence-corrected chi connectivity index (χ0v) is 17.6. The summed E-state index contributed by atoms with van der Waals surface area (Å²) in [4.78, 5) is 42.6. The molecule has 3 aliphatic rings. The summed E-state index contributed by atoms with van der Waals surface area (Å²) in [6.07, 6.45) is 3.79. The summed E-state index contributed by atoms with van der Waals surface area (Å²) in [6, 6.07) is 2.18. The number of piperidine rings is 1. The highest BCUT2D eigenvalue weighted by Crippen LogP contribution is 2.23. The number of anilines is 1. The average molecular weight is 401 g/mol. The van der Waals surface area contributed by atoms with Gasteiger partial charge < -0.3 is 19.6 Å². The van der Waals surface area contributed by atoms with Crippen molar-refractivity contribution in [3.8, 4) is 0 Å². The Morgan fingerprint density at radius 1 is 0.828 bits per heavy atom. The lowest BCUT2D eigenvalue weighted by molar-refractivity contribution is -0.137. The summed E-state index contributed by atoms with van der Waals surface area (Å²) in [5.74, 6) is 2.05. The normalized spacial score (nSPS) is 21.0. The predicted octanol–water partition coefficient (Wildman–Crippen LogP) is 1.67. The number of hydrogen-bond donors (Lipinski definition) is 0. The second-order valence-corrected chi connectivity index (χ2v) is 8.47. The fourth-order valence-corrected chi connectivity index (χ4v) is 4.70. The van der Waals surface area contributed by atoms with Gasteiger partial charge in [-0.25, -0.2) is 14.8 Å². The Bertz CT molecular complexity index is 727. The summed E-state index contributed by atoms with van der Waals surface area (Å²) >= 11 is 0. The largest absolute Gasteiger partial charge is 0.353 e. The molecule has 0 radical (unpaired) electrons. The monoisotopic (exact) mass is 400 g/mol. The zero-order valence-electron chi connectivity index (χ0n) is 17.6. The van der Waals surface area contributed by atoms with Crippen LogP contribution in [0, 0.1) is 19.8 Å². The Morgan fingerprint density at radius 2 is 1.45 bits per heavy atom. The van der Waals surface area contributed by atoms with Crippen molar-refractivity contribution in [1.29, 1.82) is 0 Å². The minimum atomic E-state index is 0.0488. The molecule has 0 spiro atoms. The van der Waals surface area contributed by atoms with Crippen molar-refractivity contribution in [2.45, 2.75) is 39.5 Å². The molecule has 0 N–H and O–H groups in total. The number of hydrogen-bond acceptors (Lipinski definition) is 5. The topological polar surface area (TPSA) is 72.9 Å². The number of amides is 3. The molecule has 1 aromatic rings. The van der Waals surface area contributed by atoms with E-state index in [1.54, 1.807) is 0 Å². The maximum absolute atomic E-state index is 13.0. The van der Waals surface area contributed by atoms with E-state index < -0.39 is 0 Å². The molecule has 4 heterocycles. The molecule has 8 heteroatoms. The number of carbonyl (C=O) groups is 2. The summed E-state index contributed by atoms with van der Waals surface area (Å²) in [5, 5.41) is 0. The fraction of sp³-hybridized carbons (Fsp3) is 0.714. The lowest BCUT2D eigenvalue weighted by Crippen LogP contribution is -2.53. The number of rotatable bonds is 2. The Hall–Kier alpha value is -2.38. The Labute approximate surface area is 172 Å². The molecule has 0 bridgehead atoms. The standard InChI is InChI=1S/C21H32N6O2/c1-16-15-19(23-17(2)22-16)24-11-13-25(14-12-24)20(28)18-5-9-27(10-6-18)21(29)26-7-3-4-8-26/h15,18H,3-14H2,1-2H3. The molecular weight excluding hydrogens is 368 g/mol. The van der Waals surface area contributed by atoms with Gasteiger partial charge in [0.15, 0.2) is 0 Å². The Balaban J connectivity index is 1.26. The van der Waals surface area contributed by atoms with Crippen molar-refractivity contribution >= 4 is 17.8 Å². The lowest BCUT2D eigenvalue weighted by atomic mass is 9.95. The quantitative estimate of drug-likeness (QED) is 0.755. The van der Waals surface area contributed by atoms with Crippen molar-refractivity contribution in [3.05, 3.63) is 17.6 Å². The first-order valence-electron chi connectivity index (χ1n) is 10.9. The average Bonchev–Trinajstić information content (AvgIpc) is 3.27. The molecule has 0 saturated carbocycles. The molecule has 0 aromatic carbocycles. The number of likely N-dealkylation sites (tertiary alicyclic amines) is 2. The third kappa shape index (κ3) is 4.46. The zero-order chi connectivity index (χ0) is 20.4. The second-order valence-electron chi connectivity index (χ2n) is 8.47. The number of aromatic nitrogens is 2. The number of carbonyl (C=O) groups excluding carboxylic acids is 2. The smallest absolute Gasteiger partial charge is 0.319 e. The van der Waals surface area contributed by atoms with E-state index in [0.717, 1.165) is 82.3 Å². The van der Waals surface area contributed by atoms with E-state index in [-0.39, 0.29) is 17.9 Å². The van der Waals surface area contributed by atoms with Gasteiger partial charge in [0.25, 0.3) is 0 Å². The maximum atomic E-state index is 13.0. The molecule has 0 aliphatic carbocycles. The molecular formula is C21H32N6O2. The van der Waals surface area contributed by atoms with E-state index in [1.165, 1.54) is 0 Å². The van der Waals surface area contributed by atoms with Crippen LogP contribution in [0.1, 0.15) is 37.2 Å². The van der Waals surface area contributed by atoms with E-state index in [9.17, 15) is 9.59 Å². The summed E-state index contributed by atoms with van der Waals surface area (Å²) in [5.41, 5.74) is 0.973. The minimum Gasteiger partial charge on any atom is -0.353 e. The minimum absolute atomic E-state index is 0.0488. The van der Waals surface area contributed by atoms with Crippen molar-refractivity contribution < 1.29 is 9.59 Å². The van der Waals surface area contributed by atoms with Crippen LogP contribution >= 0.6 is 0 Å². The first kappa shape index (κ1) is 19.9. The molecule has 8 nitrogen and oxygen atoms in total. The molecule has 3 fully saturated rings. The van der Waals surface area contributed by atoms with Crippen molar-refractivity contribution in [2.24, 2.45) is 5.92 Å². The van der Waals surface area contributed by atoms with Crippen LogP contribution in [0.5, 0.6) is 0 Å². The predicted molar refractivity (Wildman–Crippen MR) is 111 cm³/mol.